The minimum atomic E-state index is 0.0737. The van der Waals surface area contributed by atoms with Crippen molar-refractivity contribution in [3.8, 4) is 0 Å². The Bertz CT molecular complexity index is 608. The summed E-state index contributed by atoms with van der Waals surface area (Å²) in [5.74, 6) is 0.0737. The average molecular weight is 331 g/mol. The molecule has 0 heterocycles. The van der Waals surface area contributed by atoms with Crippen molar-refractivity contribution in [2.75, 3.05) is 13.1 Å². The van der Waals surface area contributed by atoms with Crippen LogP contribution in [0.1, 0.15) is 23.1 Å². The largest absolute Gasteiger partial charge is 0.352 e. The van der Waals surface area contributed by atoms with Gasteiger partial charge in [0, 0.05) is 24.5 Å². The lowest BCUT2D eigenvalue weighted by Gasteiger charge is -2.07. The molecule has 122 valence electrons. The Kier molecular flexibility index (Phi) is 7.11. The van der Waals surface area contributed by atoms with Crippen molar-refractivity contribution in [3.63, 3.8) is 0 Å². The van der Waals surface area contributed by atoms with Crippen molar-refractivity contribution in [3.05, 3.63) is 70.2 Å². The first-order chi connectivity index (χ1) is 11.1. The molecule has 2 aromatic carbocycles. The molecule has 0 aliphatic heterocycles. The molecule has 0 atom stereocenters. The number of aryl methyl sites for hydroxylation is 1. The fraction of sp³-hybridized carbons (Fsp3) is 0.316. The fourth-order valence-corrected chi connectivity index (χ4v) is 2.33. The number of hydrogen-bond donors (Lipinski definition) is 2. The minimum absolute atomic E-state index is 0.0737. The highest BCUT2D eigenvalue weighted by atomic mass is 35.5. The van der Waals surface area contributed by atoms with Crippen LogP contribution in [-0.4, -0.2) is 19.0 Å². The summed E-state index contributed by atoms with van der Waals surface area (Å²) >= 11 is 5.85. The van der Waals surface area contributed by atoms with E-state index >= 15 is 0 Å². The molecular weight excluding hydrogens is 308 g/mol. The molecule has 0 aliphatic rings. The summed E-state index contributed by atoms with van der Waals surface area (Å²) in [5, 5.41) is 6.99. The third-order valence-electron chi connectivity index (χ3n) is 3.64. The van der Waals surface area contributed by atoms with Crippen LogP contribution in [0.25, 0.3) is 0 Å². The van der Waals surface area contributed by atoms with E-state index in [1.807, 2.05) is 36.4 Å². The average Bonchev–Trinajstić information content (AvgIpc) is 2.56. The number of nitrogens with one attached hydrogen (secondary N) is 2. The Morgan fingerprint density at radius 2 is 1.61 bits per heavy atom. The highest BCUT2D eigenvalue weighted by Crippen LogP contribution is 2.09. The summed E-state index contributed by atoms with van der Waals surface area (Å²) in [7, 11) is 0. The van der Waals surface area contributed by atoms with Crippen LogP contribution in [0.2, 0.25) is 5.02 Å². The molecule has 0 spiro atoms. The minimum Gasteiger partial charge on any atom is -0.352 e. The molecule has 0 radical (unpaired) electrons. The van der Waals surface area contributed by atoms with Crippen LogP contribution < -0.4 is 10.6 Å². The van der Waals surface area contributed by atoms with E-state index in [0.717, 1.165) is 23.6 Å². The monoisotopic (exact) mass is 330 g/mol. The second-order valence-electron chi connectivity index (χ2n) is 5.64. The van der Waals surface area contributed by atoms with Gasteiger partial charge in [-0.3, -0.25) is 4.79 Å². The number of amides is 1. The third-order valence-corrected chi connectivity index (χ3v) is 3.89. The van der Waals surface area contributed by atoms with Crippen molar-refractivity contribution in [2.45, 2.75) is 26.3 Å². The number of rotatable bonds is 8. The van der Waals surface area contributed by atoms with E-state index in [0.29, 0.717) is 19.5 Å². The van der Waals surface area contributed by atoms with Crippen molar-refractivity contribution >= 4 is 17.5 Å². The summed E-state index contributed by atoms with van der Waals surface area (Å²) in [6.07, 6.45) is 1.43. The van der Waals surface area contributed by atoms with Gasteiger partial charge in [-0.2, -0.15) is 0 Å². The summed E-state index contributed by atoms with van der Waals surface area (Å²) < 4.78 is 0. The van der Waals surface area contributed by atoms with Gasteiger partial charge in [0.25, 0.3) is 0 Å². The smallest absolute Gasteiger partial charge is 0.221 e. The van der Waals surface area contributed by atoms with Crippen molar-refractivity contribution < 1.29 is 4.79 Å². The molecule has 2 N–H and O–H groups in total. The van der Waals surface area contributed by atoms with E-state index in [2.05, 4.69) is 29.7 Å². The highest BCUT2D eigenvalue weighted by molar-refractivity contribution is 6.30. The second kappa shape index (κ2) is 9.33. The van der Waals surface area contributed by atoms with Crippen LogP contribution in [0.3, 0.4) is 0 Å². The lowest BCUT2D eigenvalue weighted by Crippen LogP contribution is -2.28. The number of carbonyl (C=O) groups excluding carboxylic acids is 1. The van der Waals surface area contributed by atoms with E-state index in [1.165, 1.54) is 11.1 Å². The van der Waals surface area contributed by atoms with Crippen LogP contribution >= 0.6 is 11.6 Å². The molecule has 1 amide bonds. The Balaban J connectivity index is 1.56. The van der Waals surface area contributed by atoms with Gasteiger partial charge >= 0.3 is 0 Å². The van der Waals surface area contributed by atoms with E-state index in [9.17, 15) is 4.79 Å². The standard InChI is InChI=1S/C19H23ClN2O/c1-15-2-4-17(5-3-15)14-22-19(23)11-13-21-12-10-16-6-8-18(20)9-7-16/h2-9,21H,10-14H2,1H3,(H,22,23). The maximum atomic E-state index is 11.8. The molecule has 0 saturated carbocycles. The Morgan fingerprint density at radius 1 is 0.957 bits per heavy atom. The first kappa shape index (κ1) is 17.5. The van der Waals surface area contributed by atoms with E-state index in [1.54, 1.807) is 0 Å². The normalized spacial score (nSPS) is 10.5. The Labute approximate surface area is 143 Å². The van der Waals surface area contributed by atoms with Gasteiger partial charge in [0.2, 0.25) is 5.91 Å². The van der Waals surface area contributed by atoms with Crippen molar-refractivity contribution in [2.24, 2.45) is 0 Å². The molecule has 0 unspecified atom stereocenters. The van der Waals surface area contributed by atoms with E-state index in [4.69, 9.17) is 11.6 Å². The Hall–Kier alpha value is -1.84. The lowest BCUT2D eigenvalue weighted by molar-refractivity contribution is -0.121. The summed E-state index contributed by atoms with van der Waals surface area (Å²) in [4.78, 5) is 11.8. The zero-order valence-electron chi connectivity index (χ0n) is 13.4. The summed E-state index contributed by atoms with van der Waals surface area (Å²) in [5.41, 5.74) is 3.59. The number of carbonyl (C=O) groups is 1. The summed E-state index contributed by atoms with van der Waals surface area (Å²) in [6, 6.07) is 16.0. The number of halogens is 1. The zero-order valence-corrected chi connectivity index (χ0v) is 14.2. The topological polar surface area (TPSA) is 41.1 Å². The molecule has 23 heavy (non-hydrogen) atoms. The van der Waals surface area contributed by atoms with Crippen molar-refractivity contribution in [1.82, 2.24) is 10.6 Å². The fourth-order valence-electron chi connectivity index (χ4n) is 2.21. The quantitative estimate of drug-likeness (QED) is 0.727. The van der Waals surface area contributed by atoms with Gasteiger partial charge in [0.05, 0.1) is 0 Å². The Morgan fingerprint density at radius 3 is 2.30 bits per heavy atom. The van der Waals surface area contributed by atoms with Gasteiger partial charge in [-0.15, -0.1) is 0 Å². The lowest BCUT2D eigenvalue weighted by atomic mass is 10.1. The predicted molar refractivity (Wildman–Crippen MR) is 95.7 cm³/mol. The van der Waals surface area contributed by atoms with Crippen LogP contribution in [0, 0.1) is 6.92 Å². The van der Waals surface area contributed by atoms with Crippen LogP contribution in [0.5, 0.6) is 0 Å². The number of hydrogen-bond acceptors (Lipinski definition) is 2. The molecule has 3 nitrogen and oxygen atoms in total. The maximum Gasteiger partial charge on any atom is 0.221 e. The summed E-state index contributed by atoms with van der Waals surface area (Å²) in [6.45, 7) is 4.18. The molecule has 0 fully saturated rings. The van der Waals surface area contributed by atoms with Gasteiger partial charge in [-0.25, -0.2) is 0 Å². The zero-order chi connectivity index (χ0) is 16.5. The molecule has 2 aromatic rings. The molecule has 2 rings (SSSR count). The van der Waals surface area contributed by atoms with Crippen molar-refractivity contribution in [1.29, 1.82) is 0 Å². The van der Waals surface area contributed by atoms with Gasteiger partial charge < -0.3 is 10.6 Å². The highest BCUT2D eigenvalue weighted by Gasteiger charge is 2.01. The third kappa shape index (κ3) is 6.85. The van der Waals surface area contributed by atoms with E-state index in [-0.39, 0.29) is 5.91 Å². The van der Waals surface area contributed by atoms with Gasteiger partial charge in [-0.1, -0.05) is 53.6 Å². The van der Waals surface area contributed by atoms with E-state index < -0.39 is 0 Å². The van der Waals surface area contributed by atoms with Crippen LogP contribution in [0.4, 0.5) is 0 Å². The predicted octanol–water partition coefficient (Wildman–Crippen LogP) is 3.49. The second-order valence-corrected chi connectivity index (χ2v) is 6.08. The van der Waals surface area contributed by atoms with Crippen LogP contribution in [-0.2, 0) is 17.8 Å². The first-order valence-corrected chi connectivity index (χ1v) is 8.29. The van der Waals surface area contributed by atoms with Crippen LogP contribution in [0.15, 0.2) is 48.5 Å². The first-order valence-electron chi connectivity index (χ1n) is 7.91. The molecule has 0 bridgehead atoms. The van der Waals surface area contributed by atoms with Gasteiger partial charge in [0.15, 0.2) is 0 Å². The molecule has 4 heteroatoms. The van der Waals surface area contributed by atoms with Gasteiger partial charge in [0.1, 0.15) is 0 Å². The molecule has 0 aromatic heterocycles. The molecule has 0 saturated heterocycles. The SMILES string of the molecule is Cc1ccc(CNC(=O)CCNCCc2ccc(Cl)cc2)cc1. The maximum absolute atomic E-state index is 11.8. The van der Waals surface area contributed by atoms with Gasteiger partial charge in [-0.05, 0) is 43.1 Å². The molecule has 0 aliphatic carbocycles. The molecular formula is C19H23ClN2O. The number of benzene rings is 2.